The third-order valence-electron chi connectivity index (χ3n) is 5.73. The zero-order valence-electron chi connectivity index (χ0n) is 21.5. The van der Waals surface area contributed by atoms with Crippen molar-refractivity contribution >= 4 is 23.3 Å². The van der Waals surface area contributed by atoms with Crippen LogP contribution in [0.25, 0.3) is 0 Å². The van der Waals surface area contributed by atoms with Crippen molar-refractivity contribution in [3.63, 3.8) is 0 Å². The van der Waals surface area contributed by atoms with Gasteiger partial charge in [-0.2, -0.15) is 5.26 Å². The van der Waals surface area contributed by atoms with Gasteiger partial charge in [0.2, 0.25) is 0 Å². The predicted molar refractivity (Wildman–Crippen MR) is 148 cm³/mol. The third kappa shape index (κ3) is 9.10. The fraction of sp³-hybridized carbons (Fsp3) is 0.310. The van der Waals surface area contributed by atoms with Crippen LogP contribution in [0.5, 0.6) is 5.75 Å². The number of methoxy groups -OCH3 is 1. The van der Waals surface area contributed by atoms with Gasteiger partial charge in [-0.25, -0.2) is 4.79 Å². The Kier molecular flexibility index (Phi) is 12.4. The van der Waals surface area contributed by atoms with Gasteiger partial charge in [-0.05, 0) is 42.0 Å². The lowest BCUT2D eigenvalue weighted by molar-refractivity contribution is 0.0696. The zero-order valence-corrected chi connectivity index (χ0v) is 22.2. The Morgan fingerprint density at radius 3 is 2.14 bits per heavy atom. The highest BCUT2D eigenvalue weighted by molar-refractivity contribution is 6.30. The van der Waals surface area contributed by atoms with Crippen LogP contribution in [0.4, 0.5) is 5.69 Å². The van der Waals surface area contributed by atoms with Crippen LogP contribution in [-0.4, -0.2) is 60.9 Å². The first-order chi connectivity index (χ1) is 17.9. The van der Waals surface area contributed by atoms with Gasteiger partial charge < -0.3 is 19.8 Å². The average molecular weight is 524 g/mol. The number of benzene rings is 3. The summed E-state index contributed by atoms with van der Waals surface area (Å²) in [6.45, 7) is 7.63. The molecule has 4 rings (SSSR count). The van der Waals surface area contributed by atoms with E-state index in [9.17, 15) is 9.90 Å². The van der Waals surface area contributed by atoms with E-state index >= 15 is 0 Å². The van der Waals surface area contributed by atoms with E-state index < -0.39 is 12.1 Å². The summed E-state index contributed by atoms with van der Waals surface area (Å²) in [5, 5.41) is 29.3. The second-order valence-corrected chi connectivity index (χ2v) is 8.46. The van der Waals surface area contributed by atoms with Crippen LogP contribution in [0.1, 0.15) is 41.4 Å². The molecule has 1 fully saturated rings. The largest absolute Gasteiger partial charge is 0.495 e. The van der Waals surface area contributed by atoms with Gasteiger partial charge in [0.25, 0.3) is 0 Å². The number of rotatable bonds is 6. The van der Waals surface area contributed by atoms with Crippen molar-refractivity contribution in [2.45, 2.75) is 20.0 Å². The Bertz CT molecular complexity index is 1140. The number of carboxylic acid groups (broad SMARTS) is 1. The summed E-state index contributed by atoms with van der Waals surface area (Å²) in [5.74, 6) is -0.290. The lowest BCUT2D eigenvalue weighted by atomic mass is 10.1. The van der Waals surface area contributed by atoms with E-state index in [1.807, 2.05) is 50.2 Å². The minimum absolute atomic E-state index is 0.209. The molecule has 37 heavy (non-hydrogen) atoms. The van der Waals surface area contributed by atoms with E-state index in [1.165, 1.54) is 12.1 Å². The van der Waals surface area contributed by atoms with Gasteiger partial charge in [0.15, 0.2) is 0 Å². The number of aliphatic hydroxyl groups is 1. The second-order valence-electron chi connectivity index (χ2n) is 8.02. The van der Waals surface area contributed by atoms with Crippen molar-refractivity contribution in [2.75, 3.05) is 44.7 Å². The van der Waals surface area contributed by atoms with Crippen molar-refractivity contribution in [3.8, 4) is 11.8 Å². The molecule has 1 unspecified atom stereocenters. The molecule has 0 aliphatic carbocycles. The maximum absolute atomic E-state index is 10.9. The SMILES string of the molecule is CC.COc1cc(C#N)ccc1N1CCN(CC(O)c2ccc(C(=O)O)cc2)CC1.Clc1ccccc1. The molecular formula is C29H34ClN3O4. The zero-order chi connectivity index (χ0) is 27.2. The lowest BCUT2D eigenvalue weighted by Crippen LogP contribution is -2.47. The summed E-state index contributed by atoms with van der Waals surface area (Å²) < 4.78 is 5.43. The number of hydrogen-bond donors (Lipinski definition) is 2. The number of nitriles is 1. The minimum atomic E-state index is -0.976. The molecule has 0 bridgehead atoms. The summed E-state index contributed by atoms with van der Waals surface area (Å²) in [6, 6.07) is 23.3. The highest BCUT2D eigenvalue weighted by Gasteiger charge is 2.22. The van der Waals surface area contributed by atoms with Crippen LogP contribution in [0.15, 0.2) is 72.8 Å². The molecule has 1 aliphatic heterocycles. The molecule has 0 aromatic heterocycles. The molecule has 8 heteroatoms. The van der Waals surface area contributed by atoms with Crippen molar-refractivity contribution in [1.82, 2.24) is 4.90 Å². The number of aliphatic hydroxyl groups excluding tert-OH is 1. The molecule has 0 spiro atoms. The normalized spacial score (nSPS) is 13.7. The molecule has 0 saturated carbocycles. The molecule has 1 saturated heterocycles. The smallest absolute Gasteiger partial charge is 0.335 e. The summed E-state index contributed by atoms with van der Waals surface area (Å²) in [4.78, 5) is 15.3. The maximum Gasteiger partial charge on any atom is 0.335 e. The van der Waals surface area contributed by atoms with E-state index in [0.29, 0.717) is 23.4 Å². The number of carbonyl (C=O) groups is 1. The van der Waals surface area contributed by atoms with Crippen molar-refractivity contribution in [3.05, 3.63) is 94.5 Å². The minimum Gasteiger partial charge on any atom is -0.495 e. The van der Waals surface area contributed by atoms with Crippen LogP contribution in [0, 0.1) is 11.3 Å². The molecule has 1 atom stereocenters. The summed E-state index contributed by atoms with van der Waals surface area (Å²) in [7, 11) is 1.60. The number of β-amino-alcohol motifs (C(OH)–C–C–N with tert-alkyl or cyclic N) is 1. The fourth-order valence-electron chi connectivity index (χ4n) is 3.79. The highest BCUT2D eigenvalue weighted by Crippen LogP contribution is 2.30. The Morgan fingerprint density at radius 1 is 1.03 bits per heavy atom. The summed E-state index contributed by atoms with van der Waals surface area (Å²) >= 11 is 5.54. The first-order valence-corrected chi connectivity index (χ1v) is 12.6. The number of nitrogens with zero attached hydrogens (tertiary/aromatic N) is 3. The van der Waals surface area contributed by atoms with E-state index in [0.717, 1.165) is 36.9 Å². The molecule has 2 N–H and O–H groups in total. The van der Waals surface area contributed by atoms with Crippen LogP contribution in [0.3, 0.4) is 0 Å². The van der Waals surface area contributed by atoms with E-state index in [1.54, 1.807) is 31.4 Å². The van der Waals surface area contributed by atoms with Crippen LogP contribution in [-0.2, 0) is 0 Å². The molecule has 7 nitrogen and oxygen atoms in total. The average Bonchev–Trinajstić information content (AvgIpc) is 2.95. The van der Waals surface area contributed by atoms with E-state index in [2.05, 4.69) is 15.9 Å². The first-order valence-electron chi connectivity index (χ1n) is 12.2. The van der Waals surface area contributed by atoms with Crippen molar-refractivity contribution in [1.29, 1.82) is 5.26 Å². The molecule has 3 aromatic rings. The number of piperazine rings is 1. The van der Waals surface area contributed by atoms with Crippen molar-refractivity contribution < 1.29 is 19.7 Å². The van der Waals surface area contributed by atoms with Gasteiger partial charge in [-0.15, -0.1) is 0 Å². The van der Waals surface area contributed by atoms with Gasteiger partial charge >= 0.3 is 5.97 Å². The predicted octanol–water partition coefficient (Wildman–Crippen LogP) is 5.49. The van der Waals surface area contributed by atoms with Crippen LogP contribution >= 0.6 is 11.6 Å². The quantitative estimate of drug-likeness (QED) is 0.441. The highest BCUT2D eigenvalue weighted by atomic mass is 35.5. The van der Waals surface area contributed by atoms with Crippen molar-refractivity contribution in [2.24, 2.45) is 0 Å². The van der Waals surface area contributed by atoms with Gasteiger partial charge in [-0.3, -0.25) is 4.90 Å². The van der Waals surface area contributed by atoms with E-state index in [-0.39, 0.29) is 5.56 Å². The van der Waals surface area contributed by atoms with Gasteiger partial charge in [0.1, 0.15) is 5.75 Å². The third-order valence-corrected chi connectivity index (χ3v) is 5.98. The first kappa shape index (κ1) is 29.7. The van der Waals surface area contributed by atoms with Crippen LogP contribution < -0.4 is 9.64 Å². The van der Waals surface area contributed by atoms with Gasteiger partial charge in [-0.1, -0.05) is 55.8 Å². The number of carboxylic acids is 1. The van der Waals surface area contributed by atoms with E-state index in [4.69, 9.17) is 26.7 Å². The van der Waals surface area contributed by atoms with Crippen LogP contribution in [0.2, 0.25) is 5.02 Å². The molecule has 3 aromatic carbocycles. The summed E-state index contributed by atoms with van der Waals surface area (Å²) in [6.07, 6.45) is -0.668. The summed E-state index contributed by atoms with van der Waals surface area (Å²) in [5.41, 5.74) is 2.45. The number of ether oxygens (including phenoxy) is 1. The molecule has 1 aliphatic rings. The molecular weight excluding hydrogens is 490 g/mol. The Balaban J connectivity index is 0.000000455. The Labute approximate surface area is 224 Å². The number of hydrogen-bond acceptors (Lipinski definition) is 6. The van der Waals surface area contributed by atoms with Gasteiger partial charge in [0, 0.05) is 43.8 Å². The van der Waals surface area contributed by atoms with Gasteiger partial charge in [0.05, 0.1) is 36.1 Å². The standard InChI is InChI=1S/C21H23N3O4.C6H5Cl.C2H6/c1-28-20-12-15(13-22)2-7-18(20)24-10-8-23(9-11-24)14-19(25)16-3-5-17(6-4-16)21(26)27;7-6-4-2-1-3-5-6;1-2/h2-7,12,19,25H,8-11,14H2,1H3,(H,26,27);1-5H;1-2H3. The molecule has 0 amide bonds. The second kappa shape index (κ2) is 15.5. The number of halogens is 1. The fourth-order valence-corrected chi connectivity index (χ4v) is 3.94. The lowest BCUT2D eigenvalue weighted by Gasteiger charge is -2.37. The molecule has 1 heterocycles. The Hall–Kier alpha value is -3.57. The molecule has 0 radical (unpaired) electrons. The topological polar surface area (TPSA) is 97.0 Å². The number of aromatic carboxylic acids is 1. The monoisotopic (exact) mass is 523 g/mol. The Morgan fingerprint density at radius 2 is 1.65 bits per heavy atom. The molecule has 196 valence electrons. The maximum atomic E-state index is 10.9. The number of anilines is 1.